The monoisotopic (exact) mass is 354 g/mol. The van der Waals surface area contributed by atoms with Crippen LogP contribution in [0.2, 0.25) is 0 Å². The van der Waals surface area contributed by atoms with Crippen molar-refractivity contribution in [2.45, 2.75) is 27.2 Å². The third-order valence-electron chi connectivity index (χ3n) is 4.16. The lowest BCUT2D eigenvalue weighted by atomic mass is 10.1. The van der Waals surface area contributed by atoms with Gasteiger partial charge in [-0.25, -0.2) is 4.79 Å². The maximum Gasteiger partial charge on any atom is 0.319 e. The molecule has 26 heavy (non-hydrogen) atoms. The van der Waals surface area contributed by atoms with Gasteiger partial charge < -0.3 is 15.5 Å². The van der Waals surface area contributed by atoms with Gasteiger partial charge in [-0.2, -0.15) is 0 Å². The Morgan fingerprint density at radius 3 is 2.65 bits per heavy atom. The van der Waals surface area contributed by atoms with Crippen LogP contribution in [0.1, 0.15) is 34.1 Å². The van der Waals surface area contributed by atoms with E-state index >= 15 is 0 Å². The van der Waals surface area contributed by atoms with Gasteiger partial charge in [0.05, 0.1) is 0 Å². The molecule has 0 atom stereocenters. The maximum atomic E-state index is 12.2. The number of pyridine rings is 1. The number of anilines is 1. The standard InChI is InChI=1S/C20H26N4O2/c1-5-24(4)19(25)16-7-6-8-17(12-16)23-20(26)21-10-9-18-15(3)11-14(2)13-22-18/h6-8,11-13H,5,9-10H2,1-4H3,(H2,21,23,26). The van der Waals surface area contributed by atoms with Crippen LogP contribution in [-0.2, 0) is 6.42 Å². The fourth-order valence-electron chi connectivity index (χ4n) is 2.57. The van der Waals surface area contributed by atoms with E-state index in [9.17, 15) is 9.59 Å². The number of urea groups is 1. The van der Waals surface area contributed by atoms with Gasteiger partial charge in [0, 0.05) is 49.7 Å². The van der Waals surface area contributed by atoms with Gasteiger partial charge in [0.25, 0.3) is 5.91 Å². The van der Waals surface area contributed by atoms with E-state index in [4.69, 9.17) is 0 Å². The second-order valence-electron chi connectivity index (χ2n) is 6.31. The Bertz CT molecular complexity index is 789. The normalized spacial score (nSPS) is 10.3. The summed E-state index contributed by atoms with van der Waals surface area (Å²) in [6, 6.07) is 8.71. The number of amides is 3. The maximum absolute atomic E-state index is 12.2. The van der Waals surface area contributed by atoms with Gasteiger partial charge in [-0.3, -0.25) is 9.78 Å². The summed E-state index contributed by atoms with van der Waals surface area (Å²) in [6.45, 7) is 7.05. The van der Waals surface area contributed by atoms with Crippen molar-refractivity contribution in [2.75, 3.05) is 25.5 Å². The van der Waals surface area contributed by atoms with E-state index in [1.807, 2.05) is 27.0 Å². The van der Waals surface area contributed by atoms with Gasteiger partial charge in [-0.15, -0.1) is 0 Å². The third-order valence-corrected chi connectivity index (χ3v) is 4.16. The minimum atomic E-state index is -0.303. The lowest BCUT2D eigenvalue weighted by Gasteiger charge is -2.15. The number of aryl methyl sites for hydroxylation is 2. The topological polar surface area (TPSA) is 74.3 Å². The second-order valence-corrected chi connectivity index (χ2v) is 6.31. The Labute approximate surface area is 154 Å². The van der Waals surface area contributed by atoms with Gasteiger partial charge in [0.1, 0.15) is 0 Å². The van der Waals surface area contributed by atoms with Crippen molar-refractivity contribution in [1.29, 1.82) is 0 Å². The summed E-state index contributed by atoms with van der Waals surface area (Å²) >= 11 is 0. The zero-order valence-corrected chi connectivity index (χ0v) is 15.8. The molecular formula is C20H26N4O2. The summed E-state index contributed by atoms with van der Waals surface area (Å²) < 4.78 is 0. The zero-order chi connectivity index (χ0) is 19.1. The Hall–Kier alpha value is -2.89. The number of nitrogens with zero attached hydrogens (tertiary/aromatic N) is 2. The van der Waals surface area contributed by atoms with E-state index in [2.05, 4.69) is 21.7 Å². The number of benzene rings is 1. The largest absolute Gasteiger partial charge is 0.342 e. The minimum absolute atomic E-state index is 0.0718. The summed E-state index contributed by atoms with van der Waals surface area (Å²) in [4.78, 5) is 30.3. The molecule has 2 aromatic rings. The van der Waals surface area contributed by atoms with Crippen molar-refractivity contribution in [3.63, 3.8) is 0 Å². The molecule has 138 valence electrons. The van der Waals surface area contributed by atoms with Crippen molar-refractivity contribution in [3.8, 4) is 0 Å². The molecule has 1 heterocycles. The third kappa shape index (κ3) is 5.31. The summed E-state index contributed by atoms with van der Waals surface area (Å²) in [7, 11) is 1.75. The summed E-state index contributed by atoms with van der Waals surface area (Å²) in [5, 5.41) is 5.58. The van der Waals surface area contributed by atoms with Crippen molar-refractivity contribution < 1.29 is 9.59 Å². The lowest BCUT2D eigenvalue weighted by molar-refractivity contribution is 0.0802. The number of aromatic nitrogens is 1. The van der Waals surface area contributed by atoms with E-state index in [-0.39, 0.29) is 11.9 Å². The number of nitrogens with one attached hydrogen (secondary N) is 2. The molecule has 0 aliphatic heterocycles. The average molecular weight is 354 g/mol. The van der Waals surface area contributed by atoms with Crippen molar-refractivity contribution in [1.82, 2.24) is 15.2 Å². The highest BCUT2D eigenvalue weighted by molar-refractivity contribution is 5.96. The zero-order valence-electron chi connectivity index (χ0n) is 15.8. The quantitative estimate of drug-likeness (QED) is 0.837. The van der Waals surface area contributed by atoms with Crippen LogP contribution < -0.4 is 10.6 Å². The van der Waals surface area contributed by atoms with Crippen LogP contribution in [0.4, 0.5) is 10.5 Å². The van der Waals surface area contributed by atoms with Crippen LogP contribution in [0.15, 0.2) is 36.5 Å². The highest BCUT2D eigenvalue weighted by atomic mass is 16.2. The van der Waals surface area contributed by atoms with Crippen LogP contribution in [0, 0.1) is 13.8 Å². The van der Waals surface area contributed by atoms with Crippen molar-refractivity contribution >= 4 is 17.6 Å². The summed E-state index contributed by atoms with van der Waals surface area (Å²) in [5.41, 5.74) is 4.36. The molecule has 3 amide bonds. The Morgan fingerprint density at radius 1 is 1.19 bits per heavy atom. The van der Waals surface area contributed by atoms with Crippen molar-refractivity contribution in [2.24, 2.45) is 0 Å². The van der Waals surface area contributed by atoms with Crippen LogP contribution in [0.3, 0.4) is 0 Å². The minimum Gasteiger partial charge on any atom is -0.342 e. The van der Waals surface area contributed by atoms with Crippen LogP contribution >= 0.6 is 0 Å². The number of rotatable bonds is 6. The molecule has 1 aromatic heterocycles. The molecule has 0 fully saturated rings. The van der Waals surface area contributed by atoms with E-state index < -0.39 is 0 Å². The molecule has 0 spiro atoms. The summed E-state index contributed by atoms with van der Waals surface area (Å²) in [6.07, 6.45) is 2.50. The number of carbonyl (C=O) groups excluding carboxylic acids is 2. The first-order chi connectivity index (χ1) is 12.4. The molecule has 6 nitrogen and oxygen atoms in total. The number of carbonyl (C=O) groups is 2. The first kappa shape index (κ1) is 19.4. The smallest absolute Gasteiger partial charge is 0.319 e. The van der Waals surface area contributed by atoms with Crippen LogP contribution in [0.5, 0.6) is 0 Å². The Kier molecular flexibility index (Phi) is 6.72. The fraction of sp³-hybridized carbons (Fsp3) is 0.350. The van der Waals surface area contributed by atoms with E-state index in [0.717, 1.165) is 16.8 Å². The second kappa shape index (κ2) is 8.99. The van der Waals surface area contributed by atoms with E-state index in [0.29, 0.717) is 30.8 Å². The molecule has 1 aromatic carbocycles. The lowest BCUT2D eigenvalue weighted by Crippen LogP contribution is -2.31. The molecule has 0 bridgehead atoms. The molecule has 2 rings (SSSR count). The van der Waals surface area contributed by atoms with E-state index in [1.54, 1.807) is 36.2 Å². The Morgan fingerprint density at radius 2 is 1.96 bits per heavy atom. The van der Waals surface area contributed by atoms with Crippen LogP contribution in [-0.4, -0.2) is 42.0 Å². The van der Waals surface area contributed by atoms with Gasteiger partial charge >= 0.3 is 6.03 Å². The van der Waals surface area contributed by atoms with Gasteiger partial charge in [-0.1, -0.05) is 12.1 Å². The molecule has 0 saturated heterocycles. The molecule has 2 N–H and O–H groups in total. The van der Waals surface area contributed by atoms with Gasteiger partial charge in [0.15, 0.2) is 0 Å². The first-order valence-corrected chi connectivity index (χ1v) is 8.73. The SMILES string of the molecule is CCN(C)C(=O)c1cccc(NC(=O)NCCc2ncc(C)cc2C)c1. The molecule has 0 saturated carbocycles. The number of hydrogen-bond donors (Lipinski definition) is 2. The molecule has 0 aliphatic rings. The highest BCUT2D eigenvalue weighted by Crippen LogP contribution is 2.12. The molecular weight excluding hydrogens is 328 g/mol. The molecule has 0 unspecified atom stereocenters. The van der Waals surface area contributed by atoms with Gasteiger partial charge in [-0.05, 0) is 50.1 Å². The highest BCUT2D eigenvalue weighted by Gasteiger charge is 2.11. The number of hydrogen-bond acceptors (Lipinski definition) is 3. The molecule has 0 radical (unpaired) electrons. The molecule has 0 aliphatic carbocycles. The Balaban J connectivity index is 1.88. The molecule has 6 heteroatoms. The van der Waals surface area contributed by atoms with Gasteiger partial charge in [0.2, 0.25) is 0 Å². The van der Waals surface area contributed by atoms with Crippen LogP contribution in [0.25, 0.3) is 0 Å². The fourth-order valence-corrected chi connectivity index (χ4v) is 2.57. The average Bonchev–Trinajstić information content (AvgIpc) is 2.62. The summed E-state index contributed by atoms with van der Waals surface area (Å²) in [5.74, 6) is -0.0718. The predicted octanol–water partition coefficient (Wildman–Crippen LogP) is 3.15. The van der Waals surface area contributed by atoms with E-state index in [1.165, 1.54) is 0 Å². The van der Waals surface area contributed by atoms with Crippen molar-refractivity contribution in [3.05, 3.63) is 58.9 Å². The first-order valence-electron chi connectivity index (χ1n) is 8.73. The predicted molar refractivity (Wildman–Crippen MR) is 104 cm³/mol.